The number of nitrogens with zero attached hydrogens (tertiary/aromatic N) is 2. The van der Waals surface area contributed by atoms with E-state index in [9.17, 15) is 0 Å². The third-order valence-electron chi connectivity index (χ3n) is 4.08. The lowest BCUT2D eigenvalue weighted by molar-refractivity contribution is 0.213. The molecule has 1 aromatic heterocycles. The van der Waals surface area contributed by atoms with E-state index < -0.39 is 0 Å². The summed E-state index contributed by atoms with van der Waals surface area (Å²) in [5.41, 5.74) is 1.21. The van der Waals surface area contributed by atoms with Gasteiger partial charge >= 0.3 is 0 Å². The second-order valence-corrected chi connectivity index (χ2v) is 7.46. The number of ether oxygens (including phenoxy) is 2. The molecule has 27 heavy (non-hydrogen) atoms. The van der Waals surface area contributed by atoms with Gasteiger partial charge in [-0.25, -0.2) is 4.98 Å². The number of guanidine groups is 1. The Balaban J connectivity index is 1.76. The van der Waals surface area contributed by atoms with Crippen molar-refractivity contribution in [2.24, 2.45) is 4.99 Å². The molecule has 0 amide bonds. The Hall–Kier alpha value is -2.28. The summed E-state index contributed by atoms with van der Waals surface area (Å²) in [4.78, 5) is 10.3. The third kappa shape index (κ3) is 6.43. The average molecular weight is 391 g/mol. The van der Waals surface area contributed by atoms with Crippen LogP contribution in [0.4, 0.5) is 0 Å². The van der Waals surface area contributed by atoms with E-state index in [0.29, 0.717) is 6.54 Å². The van der Waals surface area contributed by atoms with Gasteiger partial charge in [0.1, 0.15) is 6.10 Å². The van der Waals surface area contributed by atoms with Gasteiger partial charge in [0.2, 0.25) is 0 Å². The fourth-order valence-electron chi connectivity index (χ4n) is 2.65. The van der Waals surface area contributed by atoms with E-state index in [1.54, 1.807) is 25.5 Å². The van der Waals surface area contributed by atoms with Gasteiger partial charge in [-0.15, -0.1) is 11.3 Å². The van der Waals surface area contributed by atoms with Crippen molar-refractivity contribution in [2.45, 2.75) is 39.7 Å². The average Bonchev–Trinajstić information content (AvgIpc) is 3.04. The molecule has 1 aromatic carbocycles. The molecule has 1 unspecified atom stereocenters. The van der Waals surface area contributed by atoms with Crippen LogP contribution in [0.25, 0.3) is 0 Å². The molecule has 0 saturated heterocycles. The van der Waals surface area contributed by atoms with E-state index in [1.807, 2.05) is 31.2 Å². The molecule has 0 aliphatic carbocycles. The predicted octanol–water partition coefficient (Wildman–Crippen LogP) is 3.20. The SMILES string of the molecule is CCc1nc(CCNC(=NC)NCC(C)Oc2ccccc2OC)sc1C. The van der Waals surface area contributed by atoms with Crippen LogP contribution in [-0.2, 0) is 12.8 Å². The number of hydrogen-bond donors (Lipinski definition) is 2. The van der Waals surface area contributed by atoms with Crippen molar-refractivity contribution >= 4 is 17.3 Å². The van der Waals surface area contributed by atoms with E-state index in [0.717, 1.165) is 36.8 Å². The van der Waals surface area contributed by atoms with E-state index in [1.165, 1.54) is 15.6 Å². The smallest absolute Gasteiger partial charge is 0.191 e. The van der Waals surface area contributed by atoms with Gasteiger partial charge < -0.3 is 20.1 Å². The van der Waals surface area contributed by atoms with E-state index in [4.69, 9.17) is 9.47 Å². The van der Waals surface area contributed by atoms with Crippen molar-refractivity contribution in [3.8, 4) is 11.5 Å². The zero-order valence-corrected chi connectivity index (χ0v) is 17.7. The van der Waals surface area contributed by atoms with Crippen LogP contribution in [0.5, 0.6) is 11.5 Å². The van der Waals surface area contributed by atoms with Gasteiger partial charge in [0, 0.05) is 24.9 Å². The summed E-state index contributed by atoms with van der Waals surface area (Å²) < 4.78 is 11.3. The summed E-state index contributed by atoms with van der Waals surface area (Å²) in [7, 11) is 3.41. The number of hydrogen-bond acceptors (Lipinski definition) is 5. The minimum Gasteiger partial charge on any atom is -0.493 e. The first-order chi connectivity index (χ1) is 13.1. The van der Waals surface area contributed by atoms with Crippen LogP contribution >= 0.6 is 11.3 Å². The Labute approximate surface area is 166 Å². The van der Waals surface area contributed by atoms with Crippen molar-refractivity contribution in [2.75, 3.05) is 27.2 Å². The fourth-order valence-corrected chi connectivity index (χ4v) is 3.67. The highest BCUT2D eigenvalue weighted by Crippen LogP contribution is 2.26. The quantitative estimate of drug-likeness (QED) is 0.508. The highest BCUT2D eigenvalue weighted by molar-refractivity contribution is 7.11. The van der Waals surface area contributed by atoms with Gasteiger partial charge in [-0.1, -0.05) is 19.1 Å². The molecule has 0 aliphatic rings. The van der Waals surface area contributed by atoms with Gasteiger partial charge in [0.05, 0.1) is 24.4 Å². The maximum atomic E-state index is 5.95. The van der Waals surface area contributed by atoms with Crippen LogP contribution < -0.4 is 20.1 Å². The number of aromatic nitrogens is 1. The van der Waals surface area contributed by atoms with Crippen LogP contribution in [0.1, 0.15) is 29.4 Å². The Morgan fingerprint density at radius 2 is 2.00 bits per heavy atom. The summed E-state index contributed by atoms with van der Waals surface area (Å²) >= 11 is 1.78. The minimum atomic E-state index is -0.0337. The second-order valence-electron chi connectivity index (χ2n) is 6.17. The Bertz CT molecular complexity index is 745. The fraction of sp³-hybridized carbons (Fsp3) is 0.500. The van der Waals surface area contributed by atoms with Crippen molar-refractivity contribution in [3.05, 3.63) is 39.8 Å². The molecular formula is C20H30N4O2S. The number of aryl methyl sites for hydroxylation is 2. The molecule has 0 fully saturated rings. The minimum absolute atomic E-state index is 0.0337. The molecule has 1 atom stereocenters. The molecule has 2 N–H and O–H groups in total. The molecule has 1 heterocycles. The van der Waals surface area contributed by atoms with Crippen LogP contribution in [-0.4, -0.2) is 44.3 Å². The molecule has 0 radical (unpaired) electrons. The number of methoxy groups -OCH3 is 1. The van der Waals surface area contributed by atoms with Gasteiger partial charge in [0.15, 0.2) is 17.5 Å². The van der Waals surface area contributed by atoms with Crippen molar-refractivity contribution in [1.29, 1.82) is 0 Å². The number of aliphatic imine (C=N–C) groups is 1. The Kier molecular flexibility index (Phi) is 8.39. The highest BCUT2D eigenvalue weighted by Gasteiger charge is 2.10. The highest BCUT2D eigenvalue weighted by atomic mass is 32.1. The molecule has 7 heteroatoms. The maximum Gasteiger partial charge on any atom is 0.191 e. The molecule has 0 spiro atoms. The predicted molar refractivity (Wildman–Crippen MR) is 112 cm³/mol. The lowest BCUT2D eigenvalue weighted by Crippen LogP contribution is -2.42. The molecule has 0 bridgehead atoms. The van der Waals surface area contributed by atoms with Crippen molar-refractivity contribution in [1.82, 2.24) is 15.6 Å². The molecule has 2 aromatic rings. The van der Waals surface area contributed by atoms with Crippen molar-refractivity contribution < 1.29 is 9.47 Å². The maximum absolute atomic E-state index is 5.95. The van der Waals surface area contributed by atoms with Gasteiger partial charge in [-0.2, -0.15) is 0 Å². The second kappa shape index (κ2) is 10.8. The van der Waals surface area contributed by atoms with Crippen LogP contribution in [0.15, 0.2) is 29.3 Å². The molecule has 2 rings (SSSR count). The molecule has 0 saturated carbocycles. The first kappa shape index (κ1) is 21.0. The number of para-hydroxylation sites is 2. The molecule has 0 aliphatic heterocycles. The number of nitrogens with one attached hydrogen (secondary N) is 2. The lowest BCUT2D eigenvalue weighted by Gasteiger charge is -2.19. The largest absolute Gasteiger partial charge is 0.493 e. The van der Waals surface area contributed by atoms with Crippen LogP contribution in [0.3, 0.4) is 0 Å². The first-order valence-electron chi connectivity index (χ1n) is 9.26. The molecular weight excluding hydrogens is 360 g/mol. The Morgan fingerprint density at radius 3 is 2.63 bits per heavy atom. The third-order valence-corrected chi connectivity index (χ3v) is 5.15. The van der Waals surface area contributed by atoms with Crippen molar-refractivity contribution in [3.63, 3.8) is 0 Å². The number of thiazole rings is 1. The monoisotopic (exact) mass is 390 g/mol. The summed E-state index contributed by atoms with van der Waals surface area (Å²) in [6.07, 6.45) is 1.84. The summed E-state index contributed by atoms with van der Waals surface area (Å²) in [5, 5.41) is 7.80. The van der Waals surface area contributed by atoms with E-state index in [2.05, 4.69) is 34.5 Å². The topological polar surface area (TPSA) is 67.8 Å². The zero-order chi connectivity index (χ0) is 19.6. The Morgan fingerprint density at radius 1 is 1.26 bits per heavy atom. The first-order valence-corrected chi connectivity index (χ1v) is 10.1. The summed E-state index contributed by atoms with van der Waals surface area (Å²) in [5.74, 6) is 2.23. The number of benzene rings is 1. The summed E-state index contributed by atoms with van der Waals surface area (Å²) in [6.45, 7) is 7.71. The lowest BCUT2D eigenvalue weighted by atomic mass is 10.3. The van der Waals surface area contributed by atoms with Gasteiger partial charge in [-0.05, 0) is 32.4 Å². The van der Waals surface area contributed by atoms with Crippen LogP contribution in [0.2, 0.25) is 0 Å². The zero-order valence-electron chi connectivity index (χ0n) is 16.8. The number of rotatable bonds is 9. The van der Waals surface area contributed by atoms with Crippen LogP contribution in [0, 0.1) is 6.92 Å². The molecule has 6 nitrogen and oxygen atoms in total. The summed E-state index contributed by atoms with van der Waals surface area (Å²) in [6, 6.07) is 7.65. The normalized spacial score (nSPS) is 12.6. The van der Waals surface area contributed by atoms with Gasteiger partial charge in [-0.3, -0.25) is 4.99 Å². The standard InChI is InChI=1S/C20H30N4O2S/c1-6-16-15(3)27-19(24-16)11-12-22-20(21-4)23-13-14(2)26-18-10-8-7-9-17(18)25-5/h7-10,14H,6,11-13H2,1-5H3,(H2,21,22,23). The molecule has 148 valence electrons. The van der Waals surface area contributed by atoms with Gasteiger partial charge in [0.25, 0.3) is 0 Å². The van der Waals surface area contributed by atoms with E-state index >= 15 is 0 Å². The van der Waals surface area contributed by atoms with E-state index in [-0.39, 0.29) is 6.10 Å².